The molecule has 2 aliphatic heterocycles. The van der Waals surface area contributed by atoms with Crippen LogP contribution in [0, 0.1) is 0 Å². The van der Waals surface area contributed by atoms with Crippen LogP contribution in [0.15, 0.2) is 30.3 Å². The van der Waals surface area contributed by atoms with Crippen LogP contribution in [0.25, 0.3) is 0 Å². The van der Waals surface area contributed by atoms with E-state index in [0.717, 1.165) is 5.56 Å². The van der Waals surface area contributed by atoms with Crippen LogP contribution in [-0.4, -0.2) is 43.5 Å². The molecule has 0 saturated carbocycles. The van der Waals surface area contributed by atoms with Gasteiger partial charge in [0.2, 0.25) is 0 Å². The molecule has 21 heavy (non-hydrogen) atoms. The van der Waals surface area contributed by atoms with Gasteiger partial charge in [-0.2, -0.15) is 0 Å². The van der Waals surface area contributed by atoms with Crippen molar-refractivity contribution in [3.8, 4) is 0 Å². The Labute approximate surface area is 124 Å². The van der Waals surface area contributed by atoms with E-state index in [1.807, 2.05) is 30.3 Å². The molecule has 0 radical (unpaired) electrons. The lowest BCUT2D eigenvalue weighted by Crippen LogP contribution is -2.32. The Morgan fingerprint density at radius 1 is 1.33 bits per heavy atom. The third-order valence-electron chi connectivity index (χ3n) is 3.71. The van der Waals surface area contributed by atoms with E-state index in [1.54, 1.807) is 13.8 Å². The second kappa shape index (κ2) is 6.01. The van der Waals surface area contributed by atoms with Crippen LogP contribution in [0.3, 0.4) is 0 Å². The van der Waals surface area contributed by atoms with Gasteiger partial charge >= 0.3 is 0 Å². The number of epoxide rings is 1. The third-order valence-corrected chi connectivity index (χ3v) is 3.71. The molecule has 4 atom stereocenters. The molecule has 0 bridgehead atoms. The highest BCUT2D eigenvalue weighted by Crippen LogP contribution is 2.34. The van der Waals surface area contributed by atoms with Crippen LogP contribution < -0.4 is 0 Å². The summed E-state index contributed by atoms with van der Waals surface area (Å²) in [6.45, 7) is 4.75. The van der Waals surface area contributed by atoms with Crippen LogP contribution >= 0.6 is 0 Å². The van der Waals surface area contributed by atoms with Crippen LogP contribution in [-0.2, 0) is 25.6 Å². The highest BCUT2D eigenvalue weighted by atomic mass is 19.1. The Morgan fingerprint density at radius 3 is 2.76 bits per heavy atom. The van der Waals surface area contributed by atoms with Crippen molar-refractivity contribution < 1.29 is 23.3 Å². The maximum Gasteiger partial charge on any atom is 0.163 e. The summed E-state index contributed by atoms with van der Waals surface area (Å²) in [5, 5.41) is 0. The molecule has 4 nitrogen and oxygen atoms in total. The zero-order valence-corrected chi connectivity index (χ0v) is 12.3. The predicted molar refractivity (Wildman–Crippen MR) is 74.6 cm³/mol. The number of alkyl halides is 1. The summed E-state index contributed by atoms with van der Waals surface area (Å²) in [5.74, 6) is -0.705. The molecule has 1 aromatic rings. The van der Waals surface area contributed by atoms with Gasteiger partial charge in [0.05, 0.1) is 19.8 Å². The van der Waals surface area contributed by atoms with Gasteiger partial charge in [-0.15, -0.1) is 0 Å². The van der Waals surface area contributed by atoms with Gasteiger partial charge in [-0.25, -0.2) is 4.39 Å². The topological polar surface area (TPSA) is 40.2 Å². The van der Waals surface area contributed by atoms with E-state index in [1.165, 1.54) is 0 Å². The van der Waals surface area contributed by atoms with Crippen molar-refractivity contribution in [2.45, 2.75) is 50.7 Å². The summed E-state index contributed by atoms with van der Waals surface area (Å²) in [4.78, 5) is 0. The van der Waals surface area contributed by atoms with Gasteiger partial charge in [-0.1, -0.05) is 30.3 Å². The van der Waals surface area contributed by atoms with E-state index < -0.39 is 24.2 Å². The van der Waals surface area contributed by atoms with Crippen LogP contribution in [0.4, 0.5) is 4.39 Å². The summed E-state index contributed by atoms with van der Waals surface area (Å²) in [7, 11) is 0. The van der Waals surface area contributed by atoms with Crippen LogP contribution in [0.1, 0.15) is 19.4 Å². The first kappa shape index (κ1) is 14.9. The maximum absolute atomic E-state index is 14.3. The minimum atomic E-state index is -1.17. The van der Waals surface area contributed by atoms with E-state index in [4.69, 9.17) is 18.9 Å². The molecule has 116 valence electrons. The molecule has 3 unspecified atom stereocenters. The van der Waals surface area contributed by atoms with Gasteiger partial charge < -0.3 is 18.9 Å². The van der Waals surface area contributed by atoms with Crippen molar-refractivity contribution in [3.05, 3.63) is 35.9 Å². The van der Waals surface area contributed by atoms with E-state index in [9.17, 15) is 4.39 Å². The minimum Gasteiger partial charge on any atom is -0.374 e. The zero-order chi connectivity index (χ0) is 14.9. The van der Waals surface area contributed by atoms with E-state index in [0.29, 0.717) is 13.2 Å². The number of hydrogen-bond acceptors (Lipinski definition) is 4. The normalized spacial score (nSPS) is 32.0. The molecule has 0 spiro atoms. The molecule has 0 aliphatic carbocycles. The third kappa shape index (κ3) is 3.80. The monoisotopic (exact) mass is 296 g/mol. The van der Waals surface area contributed by atoms with E-state index >= 15 is 0 Å². The first-order valence-electron chi connectivity index (χ1n) is 7.28. The van der Waals surface area contributed by atoms with Crippen molar-refractivity contribution in [2.24, 2.45) is 0 Å². The number of hydrogen-bond donors (Lipinski definition) is 0. The van der Waals surface area contributed by atoms with E-state index in [-0.39, 0.29) is 12.7 Å². The molecule has 1 aromatic carbocycles. The molecule has 0 aromatic heterocycles. The molecule has 2 heterocycles. The fraction of sp³-hybridized carbons (Fsp3) is 0.625. The maximum atomic E-state index is 14.3. The van der Waals surface area contributed by atoms with Crippen molar-refractivity contribution in [1.29, 1.82) is 0 Å². The Morgan fingerprint density at radius 2 is 2.10 bits per heavy atom. The molecule has 5 heteroatoms. The van der Waals surface area contributed by atoms with Crippen LogP contribution in [0.2, 0.25) is 0 Å². The molecule has 0 N–H and O–H groups in total. The standard InChI is InChI=1S/C16H21FO4/c1-16(2)19-10-12(21-16)14(17)15-13(20-15)9-18-8-11-6-4-3-5-7-11/h3-7,12-15H,8-10H2,1-2H3/t12-,13?,14?,15?/m1/s1. The lowest BCUT2D eigenvalue weighted by atomic mass is 10.1. The molecular formula is C16H21FO4. The summed E-state index contributed by atoms with van der Waals surface area (Å²) in [6.07, 6.45) is -2.35. The van der Waals surface area contributed by atoms with Crippen molar-refractivity contribution in [3.63, 3.8) is 0 Å². The average molecular weight is 296 g/mol. The number of benzene rings is 1. The highest BCUT2D eigenvalue weighted by molar-refractivity contribution is 5.13. The molecule has 2 aliphatic rings. The molecule has 2 fully saturated rings. The van der Waals surface area contributed by atoms with Crippen molar-refractivity contribution >= 4 is 0 Å². The molecule has 2 saturated heterocycles. The van der Waals surface area contributed by atoms with Crippen molar-refractivity contribution in [2.75, 3.05) is 13.2 Å². The average Bonchev–Trinajstić information content (AvgIpc) is 3.14. The lowest BCUT2D eigenvalue weighted by molar-refractivity contribution is -0.146. The fourth-order valence-electron chi connectivity index (χ4n) is 2.52. The second-order valence-corrected chi connectivity index (χ2v) is 5.95. The quantitative estimate of drug-likeness (QED) is 0.756. The number of halogens is 1. The number of ether oxygens (including phenoxy) is 4. The van der Waals surface area contributed by atoms with Gasteiger partial charge in [-0.3, -0.25) is 0 Å². The fourth-order valence-corrected chi connectivity index (χ4v) is 2.52. The molecule has 0 amide bonds. The smallest absolute Gasteiger partial charge is 0.163 e. The largest absolute Gasteiger partial charge is 0.374 e. The van der Waals surface area contributed by atoms with Gasteiger partial charge in [0.15, 0.2) is 12.0 Å². The predicted octanol–water partition coefficient (Wildman–Crippen LogP) is 2.46. The van der Waals surface area contributed by atoms with Gasteiger partial charge in [-0.05, 0) is 19.4 Å². The summed E-state index contributed by atoms with van der Waals surface area (Å²) < 4.78 is 36.1. The first-order chi connectivity index (χ1) is 10.1. The Kier molecular flexibility index (Phi) is 4.26. The first-order valence-corrected chi connectivity index (χ1v) is 7.28. The zero-order valence-electron chi connectivity index (χ0n) is 12.3. The number of rotatable bonds is 6. The van der Waals surface area contributed by atoms with Gasteiger partial charge in [0, 0.05) is 0 Å². The Hall–Kier alpha value is -1.01. The van der Waals surface area contributed by atoms with E-state index in [2.05, 4.69) is 0 Å². The van der Waals surface area contributed by atoms with Crippen molar-refractivity contribution in [1.82, 2.24) is 0 Å². The second-order valence-electron chi connectivity index (χ2n) is 5.95. The summed E-state index contributed by atoms with van der Waals surface area (Å²) >= 11 is 0. The SMILES string of the molecule is CC1(C)OC[C@H](C(F)C2OC2COCc2ccccc2)O1. The highest BCUT2D eigenvalue weighted by Gasteiger charge is 2.51. The molecular weight excluding hydrogens is 275 g/mol. The summed E-state index contributed by atoms with van der Waals surface area (Å²) in [5.41, 5.74) is 1.10. The lowest BCUT2D eigenvalue weighted by Gasteiger charge is -2.18. The minimum absolute atomic E-state index is 0.184. The van der Waals surface area contributed by atoms with Gasteiger partial charge in [0.1, 0.15) is 18.3 Å². The Bertz CT molecular complexity index is 465. The Balaban J connectivity index is 1.38. The van der Waals surface area contributed by atoms with Gasteiger partial charge in [0.25, 0.3) is 0 Å². The van der Waals surface area contributed by atoms with Crippen LogP contribution in [0.5, 0.6) is 0 Å². The summed E-state index contributed by atoms with van der Waals surface area (Å²) in [6, 6.07) is 9.88. The molecule has 3 rings (SSSR count).